The van der Waals surface area contributed by atoms with Crippen molar-refractivity contribution < 1.29 is 9.53 Å². The maximum Gasteiger partial charge on any atom is 0.309 e. The zero-order chi connectivity index (χ0) is 11.0. The third-order valence-corrected chi connectivity index (χ3v) is 1.40. The molecule has 14 heavy (non-hydrogen) atoms. The van der Waals surface area contributed by atoms with Crippen LogP contribution in [0.5, 0.6) is 0 Å². The predicted octanol–water partition coefficient (Wildman–Crippen LogP) is 3.01. The van der Waals surface area contributed by atoms with E-state index in [0.717, 1.165) is 11.1 Å². The minimum Gasteiger partial charge on any atom is -0.466 e. The normalized spacial score (nSPS) is 9.71. The van der Waals surface area contributed by atoms with E-state index in [2.05, 4.69) is 5.73 Å². The summed E-state index contributed by atoms with van der Waals surface area (Å²) in [5.74, 6) is -0.186. The lowest BCUT2D eigenvalue weighted by molar-refractivity contribution is -0.142. The highest BCUT2D eigenvalue weighted by Gasteiger charge is 1.95. The molecule has 0 aromatic heterocycles. The van der Waals surface area contributed by atoms with Crippen LogP contribution in [-0.2, 0) is 9.53 Å². The molecule has 0 aromatic rings. The third kappa shape index (κ3) is 7.38. The molecule has 0 radical (unpaired) electrons. The highest BCUT2D eigenvalue weighted by atomic mass is 16.5. The second kappa shape index (κ2) is 7.16. The summed E-state index contributed by atoms with van der Waals surface area (Å²) in [6, 6.07) is 0. The fourth-order valence-corrected chi connectivity index (χ4v) is 0.988. The number of allylic oxidation sites excluding steroid dienone is 2. The van der Waals surface area contributed by atoms with Crippen molar-refractivity contribution in [2.75, 3.05) is 6.61 Å². The Labute approximate surface area is 86.0 Å². The summed E-state index contributed by atoms with van der Waals surface area (Å²) in [5, 5.41) is 0. The third-order valence-electron chi connectivity index (χ3n) is 1.40. The zero-order valence-electron chi connectivity index (χ0n) is 9.39. The minimum atomic E-state index is -0.186. The van der Waals surface area contributed by atoms with Crippen LogP contribution < -0.4 is 0 Å². The molecule has 0 amide bonds. The molecule has 2 heteroatoms. The van der Waals surface area contributed by atoms with Gasteiger partial charge in [0.2, 0.25) is 0 Å². The van der Waals surface area contributed by atoms with Crippen molar-refractivity contribution in [2.24, 2.45) is 0 Å². The van der Waals surface area contributed by atoms with Crippen LogP contribution >= 0.6 is 0 Å². The van der Waals surface area contributed by atoms with Gasteiger partial charge < -0.3 is 4.74 Å². The van der Waals surface area contributed by atoms with Gasteiger partial charge in [-0.1, -0.05) is 12.2 Å². The van der Waals surface area contributed by atoms with Crippen LogP contribution in [0.4, 0.5) is 0 Å². The minimum absolute atomic E-state index is 0.186. The molecule has 0 heterocycles. The Balaban J connectivity index is 4.08. The van der Waals surface area contributed by atoms with Crippen LogP contribution in [0, 0.1) is 0 Å². The van der Waals surface area contributed by atoms with E-state index >= 15 is 0 Å². The Morgan fingerprint density at radius 1 is 1.36 bits per heavy atom. The Hall–Kier alpha value is -1.27. The molecular weight excluding hydrogens is 176 g/mol. The van der Waals surface area contributed by atoms with Gasteiger partial charge >= 0.3 is 5.97 Å². The first kappa shape index (κ1) is 12.7. The summed E-state index contributed by atoms with van der Waals surface area (Å²) in [6.07, 6.45) is 4.00. The largest absolute Gasteiger partial charge is 0.466 e. The van der Waals surface area contributed by atoms with Gasteiger partial charge in [-0.2, -0.15) is 0 Å². The summed E-state index contributed by atoms with van der Waals surface area (Å²) in [6.45, 7) is 8.17. The monoisotopic (exact) mass is 194 g/mol. The fraction of sp³-hybridized carbons (Fsp3) is 0.500. The van der Waals surface area contributed by atoms with Crippen molar-refractivity contribution in [1.82, 2.24) is 0 Å². The molecule has 0 spiro atoms. The van der Waals surface area contributed by atoms with Crippen LogP contribution in [0.3, 0.4) is 0 Å². The first-order chi connectivity index (χ1) is 6.56. The molecule has 78 valence electrons. The average Bonchev–Trinajstić information content (AvgIpc) is 2.02. The SMILES string of the molecule is CCOC(=O)C/C=C/C(C)=C=C(C)C. The van der Waals surface area contributed by atoms with Crippen molar-refractivity contribution >= 4 is 5.97 Å². The number of hydrogen-bond donors (Lipinski definition) is 0. The second-order valence-electron chi connectivity index (χ2n) is 3.22. The van der Waals surface area contributed by atoms with Crippen molar-refractivity contribution in [2.45, 2.75) is 34.1 Å². The van der Waals surface area contributed by atoms with E-state index in [0.29, 0.717) is 13.0 Å². The summed E-state index contributed by atoms with van der Waals surface area (Å²) in [5.41, 5.74) is 5.29. The van der Waals surface area contributed by atoms with Gasteiger partial charge in [0.25, 0.3) is 0 Å². The standard InChI is InChI=1S/C12H18O2/c1-5-14-12(13)8-6-7-11(4)9-10(2)3/h6-7H,5,8H2,1-4H3/b7-6+. The van der Waals surface area contributed by atoms with Crippen molar-refractivity contribution in [3.8, 4) is 0 Å². The van der Waals surface area contributed by atoms with E-state index < -0.39 is 0 Å². The Kier molecular flexibility index (Phi) is 6.51. The number of esters is 1. The van der Waals surface area contributed by atoms with Crippen molar-refractivity contribution in [1.29, 1.82) is 0 Å². The maximum absolute atomic E-state index is 10.9. The molecule has 0 fully saturated rings. The zero-order valence-corrected chi connectivity index (χ0v) is 9.39. The molecule has 0 aromatic carbocycles. The smallest absolute Gasteiger partial charge is 0.309 e. The van der Waals surface area contributed by atoms with Gasteiger partial charge in [0.15, 0.2) is 0 Å². The topological polar surface area (TPSA) is 26.3 Å². The van der Waals surface area contributed by atoms with Crippen molar-refractivity contribution in [3.05, 3.63) is 29.0 Å². The van der Waals surface area contributed by atoms with Gasteiger partial charge in [-0.25, -0.2) is 0 Å². The quantitative estimate of drug-likeness (QED) is 0.390. The summed E-state index contributed by atoms with van der Waals surface area (Å²) < 4.78 is 4.78. The molecule has 0 N–H and O–H groups in total. The van der Waals surface area contributed by atoms with Crippen LogP contribution in [0.1, 0.15) is 34.1 Å². The van der Waals surface area contributed by atoms with E-state index in [1.165, 1.54) is 0 Å². The lowest BCUT2D eigenvalue weighted by Crippen LogP contribution is -2.01. The maximum atomic E-state index is 10.9. The van der Waals surface area contributed by atoms with Gasteiger partial charge in [0.1, 0.15) is 0 Å². The lowest BCUT2D eigenvalue weighted by atomic mass is 10.2. The fourth-order valence-electron chi connectivity index (χ4n) is 0.988. The molecule has 0 aliphatic heterocycles. The molecule has 0 bridgehead atoms. The first-order valence-corrected chi connectivity index (χ1v) is 4.79. The van der Waals surface area contributed by atoms with Crippen LogP contribution in [0.25, 0.3) is 0 Å². The number of rotatable bonds is 4. The number of carbonyl (C=O) groups excluding carboxylic acids is 1. The molecule has 0 atom stereocenters. The summed E-state index contributed by atoms with van der Waals surface area (Å²) in [7, 11) is 0. The first-order valence-electron chi connectivity index (χ1n) is 4.79. The Bertz CT molecular complexity index is 275. The molecule has 0 rings (SSSR count). The molecule has 0 saturated carbocycles. The van der Waals surface area contributed by atoms with E-state index in [-0.39, 0.29) is 5.97 Å². The Morgan fingerprint density at radius 3 is 2.50 bits per heavy atom. The van der Waals surface area contributed by atoms with Gasteiger partial charge in [-0.3, -0.25) is 4.79 Å². The molecule has 2 nitrogen and oxygen atoms in total. The highest BCUT2D eigenvalue weighted by Crippen LogP contribution is 1.97. The van der Waals surface area contributed by atoms with Gasteiger partial charge in [-0.05, 0) is 38.8 Å². The van der Waals surface area contributed by atoms with Gasteiger partial charge in [-0.15, -0.1) is 5.73 Å². The van der Waals surface area contributed by atoms with Gasteiger partial charge in [0.05, 0.1) is 13.0 Å². The molecular formula is C12H18O2. The predicted molar refractivity (Wildman–Crippen MR) is 58.0 cm³/mol. The molecule has 0 saturated heterocycles. The number of carbonyl (C=O) groups is 1. The van der Waals surface area contributed by atoms with E-state index in [9.17, 15) is 4.79 Å². The van der Waals surface area contributed by atoms with Crippen LogP contribution in [0.15, 0.2) is 29.0 Å². The summed E-state index contributed by atoms with van der Waals surface area (Å²) >= 11 is 0. The van der Waals surface area contributed by atoms with Gasteiger partial charge in [0, 0.05) is 0 Å². The van der Waals surface area contributed by atoms with E-state index in [4.69, 9.17) is 4.74 Å². The summed E-state index contributed by atoms with van der Waals surface area (Å²) in [4.78, 5) is 10.9. The van der Waals surface area contributed by atoms with E-state index in [1.54, 1.807) is 13.0 Å². The van der Waals surface area contributed by atoms with Crippen LogP contribution in [0.2, 0.25) is 0 Å². The highest BCUT2D eigenvalue weighted by molar-refractivity contribution is 5.71. The average molecular weight is 194 g/mol. The van der Waals surface area contributed by atoms with Crippen LogP contribution in [-0.4, -0.2) is 12.6 Å². The van der Waals surface area contributed by atoms with E-state index in [1.807, 2.05) is 26.8 Å². The lowest BCUT2D eigenvalue weighted by Gasteiger charge is -1.96. The molecule has 0 aliphatic carbocycles. The molecule has 0 unspecified atom stereocenters. The number of hydrogen-bond acceptors (Lipinski definition) is 2. The van der Waals surface area contributed by atoms with Crippen molar-refractivity contribution in [3.63, 3.8) is 0 Å². The number of ether oxygens (including phenoxy) is 1. The Morgan fingerprint density at radius 2 is 2.00 bits per heavy atom. The second-order valence-corrected chi connectivity index (χ2v) is 3.22. The molecule has 0 aliphatic rings.